The Labute approximate surface area is 139 Å². The summed E-state index contributed by atoms with van der Waals surface area (Å²) in [6, 6.07) is 5.60. The molecule has 0 spiro atoms. The molecule has 2 N–H and O–H groups in total. The number of nitrogens with one attached hydrogen (secondary N) is 1. The number of rotatable bonds is 6. The van der Waals surface area contributed by atoms with E-state index in [1.54, 1.807) is 23.1 Å². The molecular weight excluding hydrogens is 313 g/mol. The van der Waals surface area contributed by atoms with Gasteiger partial charge in [-0.05, 0) is 30.5 Å². The molecule has 1 aliphatic heterocycles. The zero-order chi connectivity index (χ0) is 16.9. The van der Waals surface area contributed by atoms with Gasteiger partial charge in [0.25, 0.3) is 0 Å². The van der Waals surface area contributed by atoms with E-state index in [2.05, 4.69) is 10.4 Å². The summed E-state index contributed by atoms with van der Waals surface area (Å²) in [6.07, 6.45) is 4.33. The standard InChI is InChI=1S/C17H20FN3O3/c18-13-4-1-3-12(7-13)16(22)8-17(23)20-14-9-19-21(10-14)11-15-5-2-6-24-15/h1,3-4,7,9-10,15-16,22H,2,5-6,8,11H2,(H,20,23). The van der Waals surface area contributed by atoms with Gasteiger partial charge in [-0.25, -0.2) is 4.39 Å². The van der Waals surface area contributed by atoms with Crippen molar-refractivity contribution in [1.82, 2.24) is 9.78 Å². The lowest BCUT2D eigenvalue weighted by atomic mass is 10.1. The fourth-order valence-electron chi connectivity index (χ4n) is 2.74. The third-order valence-electron chi connectivity index (χ3n) is 3.94. The van der Waals surface area contributed by atoms with Crippen LogP contribution in [0, 0.1) is 5.82 Å². The Morgan fingerprint density at radius 3 is 3.17 bits per heavy atom. The Hall–Kier alpha value is -2.25. The topological polar surface area (TPSA) is 76.4 Å². The maximum atomic E-state index is 13.1. The molecular formula is C17H20FN3O3. The first kappa shape index (κ1) is 16.6. The molecule has 0 bridgehead atoms. The molecule has 2 atom stereocenters. The van der Waals surface area contributed by atoms with Crippen molar-refractivity contribution in [3.8, 4) is 0 Å². The number of carbonyl (C=O) groups excluding carboxylic acids is 1. The minimum absolute atomic E-state index is 0.152. The summed E-state index contributed by atoms with van der Waals surface area (Å²) >= 11 is 0. The lowest BCUT2D eigenvalue weighted by molar-refractivity contribution is -0.118. The normalized spacial score (nSPS) is 18.5. The van der Waals surface area contributed by atoms with Crippen molar-refractivity contribution in [3.05, 3.63) is 48.0 Å². The molecule has 1 aromatic heterocycles. The van der Waals surface area contributed by atoms with Crippen LogP contribution in [0.15, 0.2) is 36.7 Å². The number of aromatic nitrogens is 2. The third kappa shape index (κ3) is 4.39. The van der Waals surface area contributed by atoms with Gasteiger partial charge in [0, 0.05) is 12.8 Å². The number of aliphatic hydroxyl groups is 1. The van der Waals surface area contributed by atoms with Crippen LogP contribution < -0.4 is 5.32 Å². The Balaban J connectivity index is 1.52. The number of anilines is 1. The van der Waals surface area contributed by atoms with Crippen LogP contribution in [0.3, 0.4) is 0 Å². The minimum Gasteiger partial charge on any atom is -0.388 e. The highest BCUT2D eigenvalue weighted by molar-refractivity contribution is 5.90. The number of amides is 1. The molecule has 24 heavy (non-hydrogen) atoms. The van der Waals surface area contributed by atoms with Gasteiger partial charge < -0.3 is 15.2 Å². The summed E-state index contributed by atoms with van der Waals surface area (Å²) < 4.78 is 20.4. The van der Waals surface area contributed by atoms with E-state index in [4.69, 9.17) is 4.74 Å². The molecule has 3 rings (SSSR count). The lowest BCUT2D eigenvalue weighted by Gasteiger charge is -2.11. The van der Waals surface area contributed by atoms with Gasteiger partial charge in [0.15, 0.2) is 0 Å². The summed E-state index contributed by atoms with van der Waals surface area (Å²) in [7, 11) is 0. The van der Waals surface area contributed by atoms with E-state index in [-0.39, 0.29) is 18.4 Å². The van der Waals surface area contributed by atoms with E-state index in [9.17, 15) is 14.3 Å². The van der Waals surface area contributed by atoms with E-state index >= 15 is 0 Å². The first-order valence-electron chi connectivity index (χ1n) is 7.97. The smallest absolute Gasteiger partial charge is 0.227 e. The van der Waals surface area contributed by atoms with Crippen LogP contribution in [0.4, 0.5) is 10.1 Å². The van der Waals surface area contributed by atoms with Crippen LogP contribution >= 0.6 is 0 Å². The summed E-state index contributed by atoms with van der Waals surface area (Å²) in [5, 5.41) is 16.9. The van der Waals surface area contributed by atoms with Gasteiger partial charge in [-0.3, -0.25) is 9.48 Å². The molecule has 1 saturated heterocycles. The number of carbonyl (C=O) groups is 1. The second kappa shape index (κ2) is 7.55. The van der Waals surface area contributed by atoms with Crippen LogP contribution in [0.25, 0.3) is 0 Å². The van der Waals surface area contributed by atoms with Crippen LogP contribution in [-0.2, 0) is 16.1 Å². The maximum absolute atomic E-state index is 13.1. The highest BCUT2D eigenvalue weighted by atomic mass is 19.1. The summed E-state index contributed by atoms with van der Waals surface area (Å²) in [5.41, 5.74) is 0.934. The minimum atomic E-state index is -1.05. The van der Waals surface area contributed by atoms with Crippen molar-refractivity contribution in [1.29, 1.82) is 0 Å². The Morgan fingerprint density at radius 1 is 1.54 bits per heavy atom. The van der Waals surface area contributed by atoms with Crippen molar-refractivity contribution in [3.63, 3.8) is 0 Å². The van der Waals surface area contributed by atoms with Crippen LogP contribution in [-0.4, -0.2) is 33.5 Å². The van der Waals surface area contributed by atoms with Crippen molar-refractivity contribution in [2.75, 3.05) is 11.9 Å². The SMILES string of the molecule is O=C(CC(O)c1cccc(F)c1)Nc1cnn(CC2CCCO2)c1. The van der Waals surface area contributed by atoms with Crippen molar-refractivity contribution in [2.24, 2.45) is 0 Å². The maximum Gasteiger partial charge on any atom is 0.227 e. The van der Waals surface area contributed by atoms with Gasteiger partial charge in [-0.2, -0.15) is 5.10 Å². The summed E-state index contributed by atoms with van der Waals surface area (Å²) in [4.78, 5) is 12.0. The monoisotopic (exact) mass is 333 g/mol. The molecule has 2 aromatic rings. The molecule has 7 heteroatoms. The molecule has 128 valence electrons. The molecule has 0 radical (unpaired) electrons. The van der Waals surface area contributed by atoms with Gasteiger partial charge in [0.2, 0.25) is 5.91 Å². The second-order valence-electron chi connectivity index (χ2n) is 5.91. The highest BCUT2D eigenvalue weighted by Crippen LogP contribution is 2.19. The molecule has 0 aliphatic carbocycles. The van der Waals surface area contributed by atoms with Crippen LogP contribution in [0.5, 0.6) is 0 Å². The number of halogens is 1. The number of nitrogens with zero attached hydrogens (tertiary/aromatic N) is 2. The quantitative estimate of drug-likeness (QED) is 0.850. The Morgan fingerprint density at radius 2 is 2.42 bits per heavy atom. The number of hydrogen-bond acceptors (Lipinski definition) is 4. The number of aliphatic hydroxyl groups excluding tert-OH is 1. The van der Waals surface area contributed by atoms with Gasteiger partial charge in [0.05, 0.1) is 37.1 Å². The van der Waals surface area contributed by atoms with E-state index in [1.165, 1.54) is 18.2 Å². The van der Waals surface area contributed by atoms with E-state index < -0.39 is 11.9 Å². The summed E-state index contributed by atoms with van der Waals surface area (Å²) in [6.45, 7) is 1.44. The Bertz CT molecular complexity index is 698. The van der Waals surface area contributed by atoms with E-state index in [0.29, 0.717) is 17.8 Å². The summed E-state index contributed by atoms with van der Waals surface area (Å²) in [5.74, 6) is -0.800. The van der Waals surface area contributed by atoms with Gasteiger partial charge in [-0.1, -0.05) is 12.1 Å². The molecule has 1 amide bonds. The molecule has 1 aromatic carbocycles. The van der Waals surface area contributed by atoms with Crippen molar-refractivity contribution < 1.29 is 19.0 Å². The predicted molar refractivity (Wildman–Crippen MR) is 85.8 cm³/mol. The van der Waals surface area contributed by atoms with E-state index in [0.717, 1.165) is 19.4 Å². The zero-order valence-corrected chi connectivity index (χ0v) is 13.2. The molecule has 2 unspecified atom stereocenters. The largest absolute Gasteiger partial charge is 0.388 e. The molecule has 1 aliphatic rings. The fourth-order valence-corrected chi connectivity index (χ4v) is 2.74. The third-order valence-corrected chi connectivity index (χ3v) is 3.94. The van der Waals surface area contributed by atoms with Gasteiger partial charge >= 0.3 is 0 Å². The van der Waals surface area contributed by atoms with Crippen LogP contribution in [0.2, 0.25) is 0 Å². The average molecular weight is 333 g/mol. The van der Waals surface area contributed by atoms with Gasteiger partial charge in [0.1, 0.15) is 5.82 Å². The zero-order valence-electron chi connectivity index (χ0n) is 13.2. The second-order valence-corrected chi connectivity index (χ2v) is 5.91. The highest BCUT2D eigenvalue weighted by Gasteiger charge is 2.17. The molecule has 1 fully saturated rings. The lowest BCUT2D eigenvalue weighted by Crippen LogP contribution is -2.16. The van der Waals surface area contributed by atoms with Gasteiger partial charge in [-0.15, -0.1) is 0 Å². The first-order valence-corrected chi connectivity index (χ1v) is 7.97. The fraction of sp³-hybridized carbons (Fsp3) is 0.412. The Kier molecular flexibility index (Phi) is 5.22. The average Bonchev–Trinajstić information content (AvgIpc) is 3.20. The first-order chi connectivity index (χ1) is 11.6. The molecule has 6 nitrogen and oxygen atoms in total. The van der Waals surface area contributed by atoms with Crippen molar-refractivity contribution >= 4 is 11.6 Å². The van der Waals surface area contributed by atoms with E-state index in [1.807, 2.05) is 0 Å². The number of benzene rings is 1. The molecule has 2 heterocycles. The predicted octanol–water partition coefficient (Wildman–Crippen LogP) is 2.26. The number of hydrogen-bond donors (Lipinski definition) is 2. The van der Waals surface area contributed by atoms with Crippen LogP contribution in [0.1, 0.15) is 30.9 Å². The molecule has 0 saturated carbocycles. The van der Waals surface area contributed by atoms with Crippen molar-refractivity contribution in [2.45, 2.75) is 38.0 Å². The number of ether oxygens (including phenoxy) is 1.